The van der Waals surface area contributed by atoms with Crippen molar-refractivity contribution >= 4 is 15.9 Å². The van der Waals surface area contributed by atoms with Gasteiger partial charge in [0.25, 0.3) is 0 Å². The molecule has 0 radical (unpaired) electrons. The highest BCUT2D eigenvalue weighted by Crippen LogP contribution is 2.25. The second-order valence-electron chi connectivity index (χ2n) is 4.76. The quantitative estimate of drug-likeness (QED) is 0.863. The van der Waals surface area contributed by atoms with Gasteiger partial charge < -0.3 is 10.1 Å². The standard InChI is InChI=1S/C17H20BrNO/c1-19-16(12-14-10-6-7-11-15(14)18)17(20-2)13-8-4-3-5-9-13/h3-11,16-17,19H,12H2,1-2H3. The summed E-state index contributed by atoms with van der Waals surface area (Å²) < 4.78 is 6.87. The van der Waals surface area contributed by atoms with Gasteiger partial charge in [-0.05, 0) is 30.7 Å². The molecule has 1 N–H and O–H groups in total. The molecule has 0 spiro atoms. The number of benzene rings is 2. The first-order chi connectivity index (χ1) is 9.76. The Morgan fingerprint density at radius 3 is 2.30 bits per heavy atom. The lowest BCUT2D eigenvalue weighted by atomic mass is 9.96. The zero-order chi connectivity index (χ0) is 14.4. The van der Waals surface area contributed by atoms with E-state index >= 15 is 0 Å². The van der Waals surface area contributed by atoms with Gasteiger partial charge in [0.1, 0.15) is 0 Å². The average molecular weight is 334 g/mol. The van der Waals surface area contributed by atoms with E-state index in [0.717, 1.165) is 10.9 Å². The van der Waals surface area contributed by atoms with Crippen molar-refractivity contribution in [2.24, 2.45) is 0 Å². The Bertz CT molecular complexity index is 530. The first-order valence-electron chi connectivity index (χ1n) is 6.74. The minimum Gasteiger partial charge on any atom is -0.375 e. The number of nitrogens with one attached hydrogen (secondary N) is 1. The summed E-state index contributed by atoms with van der Waals surface area (Å²) in [7, 11) is 3.75. The molecule has 106 valence electrons. The lowest BCUT2D eigenvalue weighted by Crippen LogP contribution is -2.35. The highest BCUT2D eigenvalue weighted by Gasteiger charge is 2.22. The molecule has 3 heteroatoms. The Hall–Kier alpha value is -1.16. The van der Waals surface area contributed by atoms with Crippen LogP contribution in [-0.4, -0.2) is 20.2 Å². The highest BCUT2D eigenvalue weighted by molar-refractivity contribution is 9.10. The second-order valence-corrected chi connectivity index (χ2v) is 5.61. The van der Waals surface area contributed by atoms with Crippen LogP contribution in [0, 0.1) is 0 Å². The maximum atomic E-state index is 5.72. The van der Waals surface area contributed by atoms with Crippen LogP contribution in [0.5, 0.6) is 0 Å². The molecule has 2 rings (SSSR count). The van der Waals surface area contributed by atoms with Crippen LogP contribution in [0.15, 0.2) is 59.1 Å². The van der Waals surface area contributed by atoms with E-state index in [1.54, 1.807) is 7.11 Å². The van der Waals surface area contributed by atoms with E-state index in [1.807, 2.05) is 31.3 Å². The Kier molecular flexibility index (Phi) is 5.77. The van der Waals surface area contributed by atoms with Crippen molar-refractivity contribution < 1.29 is 4.74 Å². The van der Waals surface area contributed by atoms with Gasteiger partial charge in [0, 0.05) is 17.6 Å². The maximum absolute atomic E-state index is 5.72. The van der Waals surface area contributed by atoms with Crippen LogP contribution in [-0.2, 0) is 11.2 Å². The summed E-state index contributed by atoms with van der Waals surface area (Å²) in [5, 5.41) is 3.38. The number of ether oxygens (including phenoxy) is 1. The molecule has 0 amide bonds. The first-order valence-corrected chi connectivity index (χ1v) is 7.54. The molecular formula is C17H20BrNO. The predicted molar refractivity (Wildman–Crippen MR) is 86.9 cm³/mol. The van der Waals surface area contributed by atoms with Crippen molar-refractivity contribution in [2.75, 3.05) is 14.2 Å². The van der Waals surface area contributed by atoms with Crippen LogP contribution in [0.4, 0.5) is 0 Å². The van der Waals surface area contributed by atoms with Crippen molar-refractivity contribution in [1.82, 2.24) is 5.32 Å². The molecule has 0 bridgehead atoms. The van der Waals surface area contributed by atoms with E-state index in [-0.39, 0.29) is 12.1 Å². The van der Waals surface area contributed by atoms with Gasteiger partial charge in [-0.15, -0.1) is 0 Å². The molecule has 2 aromatic carbocycles. The van der Waals surface area contributed by atoms with Crippen LogP contribution in [0.25, 0.3) is 0 Å². The van der Waals surface area contributed by atoms with Gasteiger partial charge in [-0.2, -0.15) is 0 Å². The van der Waals surface area contributed by atoms with Crippen molar-refractivity contribution in [3.8, 4) is 0 Å². The van der Waals surface area contributed by atoms with E-state index in [0.29, 0.717) is 0 Å². The largest absolute Gasteiger partial charge is 0.375 e. The smallest absolute Gasteiger partial charge is 0.0977 e. The minimum absolute atomic E-state index is 0.0355. The summed E-state index contributed by atoms with van der Waals surface area (Å²) in [6.07, 6.45) is 0.944. The van der Waals surface area contributed by atoms with Crippen molar-refractivity contribution in [1.29, 1.82) is 0 Å². The summed E-state index contributed by atoms with van der Waals surface area (Å²) in [4.78, 5) is 0. The number of likely N-dealkylation sites (N-methyl/N-ethyl adjacent to an activating group) is 1. The third-order valence-corrected chi connectivity index (χ3v) is 4.29. The first kappa shape index (κ1) is 15.2. The van der Waals surface area contributed by atoms with Crippen LogP contribution < -0.4 is 5.32 Å². The van der Waals surface area contributed by atoms with Gasteiger partial charge in [-0.25, -0.2) is 0 Å². The molecule has 0 aromatic heterocycles. The SMILES string of the molecule is CNC(Cc1ccccc1Br)C(OC)c1ccccc1. The lowest BCUT2D eigenvalue weighted by molar-refractivity contribution is 0.0703. The zero-order valence-corrected chi connectivity index (χ0v) is 13.4. The molecular weight excluding hydrogens is 314 g/mol. The fourth-order valence-corrected chi connectivity index (χ4v) is 2.88. The van der Waals surface area contributed by atoms with E-state index in [2.05, 4.69) is 51.6 Å². The van der Waals surface area contributed by atoms with E-state index in [9.17, 15) is 0 Å². The number of rotatable bonds is 6. The summed E-state index contributed by atoms with van der Waals surface area (Å²) in [5.41, 5.74) is 2.48. The summed E-state index contributed by atoms with van der Waals surface area (Å²) in [6, 6.07) is 18.9. The number of halogens is 1. The monoisotopic (exact) mass is 333 g/mol. The van der Waals surface area contributed by atoms with Crippen molar-refractivity contribution in [2.45, 2.75) is 18.6 Å². The van der Waals surface area contributed by atoms with Crippen molar-refractivity contribution in [3.63, 3.8) is 0 Å². The van der Waals surface area contributed by atoms with E-state index in [4.69, 9.17) is 4.74 Å². The lowest BCUT2D eigenvalue weighted by Gasteiger charge is -2.26. The van der Waals surface area contributed by atoms with Gasteiger partial charge in [0.15, 0.2) is 0 Å². The molecule has 0 fully saturated rings. The Morgan fingerprint density at radius 1 is 1.05 bits per heavy atom. The Labute approximate surface area is 129 Å². The van der Waals surface area contributed by atoms with Crippen LogP contribution in [0.1, 0.15) is 17.2 Å². The summed E-state index contributed by atoms with van der Waals surface area (Å²) in [6.45, 7) is 0. The fourth-order valence-electron chi connectivity index (χ4n) is 2.44. The van der Waals surface area contributed by atoms with Gasteiger partial charge in [-0.3, -0.25) is 0 Å². The van der Waals surface area contributed by atoms with Gasteiger partial charge >= 0.3 is 0 Å². The zero-order valence-electron chi connectivity index (χ0n) is 11.8. The molecule has 0 aliphatic rings. The van der Waals surface area contributed by atoms with Gasteiger partial charge in [0.2, 0.25) is 0 Å². The molecule has 2 atom stereocenters. The minimum atomic E-state index is 0.0355. The summed E-state index contributed by atoms with van der Waals surface area (Å²) >= 11 is 3.61. The van der Waals surface area contributed by atoms with Crippen molar-refractivity contribution in [3.05, 3.63) is 70.2 Å². The third kappa shape index (κ3) is 3.69. The molecule has 2 unspecified atom stereocenters. The molecule has 0 heterocycles. The third-order valence-electron chi connectivity index (χ3n) is 3.52. The molecule has 20 heavy (non-hydrogen) atoms. The van der Waals surface area contributed by atoms with Gasteiger partial charge in [0.05, 0.1) is 6.10 Å². The van der Waals surface area contributed by atoms with Crippen LogP contribution >= 0.6 is 15.9 Å². The highest BCUT2D eigenvalue weighted by atomic mass is 79.9. The Balaban J connectivity index is 2.20. The summed E-state index contributed by atoms with van der Waals surface area (Å²) in [5.74, 6) is 0. The second kappa shape index (κ2) is 7.58. The number of methoxy groups -OCH3 is 1. The number of hydrogen-bond acceptors (Lipinski definition) is 2. The molecule has 0 saturated heterocycles. The predicted octanol–water partition coefficient (Wildman–Crippen LogP) is 3.97. The molecule has 0 aliphatic heterocycles. The molecule has 0 aliphatic carbocycles. The van der Waals surface area contributed by atoms with E-state index < -0.39 is 0 Å². The topological polar surface area (TPSA) is 21.3 Å². The van der Waals surface area contributed by atoms with E-state index in [1.165, 1.54) is 11.1 Å². The average Bonchev–Trinajstić information content (AvgIpc) is 2.50. The van der Waals surface area contributed by atoms with Crippen LogP contribution in [0.2, 0.25) is 0 Å². The Morgan fingerprint density at radius 2 is 1.70 bits per heavy atom. The fraction of sp³-hybridized carbons (Fsp3) is 0.294. The molecule has 2 aromatic rings. The van der Waals surface area contributed by atoms with Crippen LogP contribution in [0.3, 0.4) is 0 Å². The molecule has 0 saturated carbocycles. The number of hydrogen-bond donors (Lipinski definition) is 1. The normalized spacial score (nSPS) is 13.9. The van der Waals surface area contributed by atoms with Gasteiger partial charge in [-0.1, -0.05) is 64.5 Å². The maximum Gasteiger partial charge on any atom is 0.0977 e. The molecule has 2 nitrogen and oxygen atoms in total.